The van der Waals surface area contributed by atoms with Crippen LogP contribution in [0.25, 0.3) is 0 Å². The molecule has 0 saturated carbocycles. The molecule has 24 heavy (non-hydrogen) atoms. The van der Waals surface area contributed by atoms with Crippen LogP contribution < -0.4 is 15.8 Å². The van der Waals surface area contributed by atoms with E-state index < -0.39 is 5.41 Å². The average molecular weight is 384 g/mol. The molecule has 4 N–H and O–H groups in total. The van der Waals surface area contributed by atoms with E-state index in [1.54, 1.807) is 24.3 Å². The molecule has 0 radical (unpaired) electrons. The van der Waals surface area contributed by atoms with E-state index in [1.165, 1.54) is 12.1 Å². The molecule has 2 aliphatic rings. The van der Waals surface area contributed by atoms with Crippen molar-refractivity contribution < 1.29 is 14.6 Å². The largest absolute Gasteiger partial charge is 0.508 e. The number of nitrogens with one attached hydrogen (secondary N) is 1. The number of ether oxygens (including phenoxy) is 1. The number of phenolic OH excluding ortho intramolecular Hbond substituents is 1. The number of fused-ring (bicyclic) bond motifs is 4. The van der Waals surface area contributed by atoms with Crippen LogP contribution in [0.4, 0.5) is 5.69 Å². The van der Waals surface area contributed by atoms with Gasteiger partial charge in [-0.1, -0.05) is 15.9 Å². The van der Waals surface area contributed by atoms with Crippen molar-refractivity contribution in [3.05, 3.63) is 63.5 Å². The number of nitrogens with zero attached hydrogens (tertiary/aromatic N) is 1. The smallest absolute Gasteiger partial charge is 0.245 e. The SMILES string of the molecule is N#CC1=C(N)Oc2cc(O)ccc2[C@]12C(=O)Nc1ccc(Br)cc12. The third-order valence-electron chi connectivity index (χ3n) is 4.30. The zero-order chi connectivity index (χ0) is 17.1. The minimum Gasteiger partial charge on any atom is -0.508 e. The van der Waals surface area contributed by atoms with Crippen molar-refractivity contribution in [3.63, 3.8) is 0 Å². The van der Waals surface area contributed by atoms with Crippen LogP contribution in [-0.2, 0) is 10.2 Å². The van der Waals surface area contributed by atoms with Gasteiger partial charge in [0.2, 0.25) is 11.8 Å². The number of carbonyl (C=O) groups is 1. The molecule has 1 amide bonds. The van der Waals surface area contributed by atoms with Crippen LogP contribution in [0.5, 0.6) is 11.5 Å². The van der Waals surface area contributed by atoms with Crippen molar-refractivity contribution in [2.45, 2.75) is 5.41 Å². The molecule has 2 aromatic rings. The summed E-state index contributed by atoms with van der Waals surface area (Å²) in [6.07, 6.45) is 0. The van der Waals surface area contributed by atoms with Gasteiger partial charge in [0.1, 0.15) is 28.6 Å². The van der Waals surface area contributed by atoms with Crippen molar-refractivity contribution >= 4 is 27.5 Å². The second-order valence-electron chi connectivity index (χ2n) is 5.53. The molecular weight excluding hydrogens is 374 g/mol. The lowest BCUT2D eigenvalue weighted by Gasteiger charge is -2.33. The van der Waals surface area contributed by atoms with Crippen molar-refractivity contribution in [1.82, 2.24) is 0 Å². The van der Waals surface area contributed by atoms with E-state index in [1.807, 2.05) is 6.07 Å². The number of aromatic hydroxyl groups is 1. The number of carbonyl (C=O) groups excluding carboxylic acids is 1. The third-order valence-corrected chi connectivity index (χ3v) is 4.79. The van der Waals surface area contributed by atoms with E-state index in [9.17, 15) is 15.2 Å². The first-order chi connectivity index (χ1) is 11.5. The summed E-state index contributed by atoms with van der Waals surface area (Å²) in [4.78, 5) is 13.0. The van der Waals surface area contributed by atoms with Crippen LogP contribution in [-0.4, -0.2) is 11.0 Å². The van der Waals surface area contributed by atoms with Crippen molar-refractivity contribution in [3.8, 4) is 17.6 Å². The third kappa shape index (κ3) is 1.66. The van der Waals surface area contributed by atoms with Gasteiger partial charge in [-0.3, -0.25) is 4.79 Å². The number of nitriles is 1. The molecule has 0 fully saturated rings. The van der Waals surface area contributed by atoms with Gasteiger partial charge in [0.05, 0.1) is 0 Å². The average Bonchev–Trinajstić information content (AvgIpc) is 2.81. The summed E-state index contributed by atoms with van der Waals surface area (Å²) in [6.45, 7) is 0. The summed E-state index contributed by atoms with van der Waals surface area (Å²) >= 11 is 3.40. The first kappa shape index (κ1) is 14.6. The summed E-state index contributed by atoms with van der Waals surface area (Å²) in [6, 6.07) is 11.8. The number of nitrogens with two attached hydrogens (primary N) is 1. The monoisotopic (exact) mass is 383 g/mol. The van der Waals surface area contributed by atoms with E-state index in [2.05, 4.69) is 21.2 Å². The standard InChI is InChI=1S/C17H10BrN3O3/c18-8-1-4-13-11(5-8)17(16(23)21-13)10-3-2-9(22)6-14(10)24-15(20)12(17)7-19/h1-6,22H,20H2,(H,21,23)/t17-/m1/s1. The second kappa shape index (κ2) is 4.76. The lowest BCUT2D eigenvalue weighted by atomic mass is 9.69. The Kier molecular flexibility index (Phi) is 2.89. The number of hydrogen-bond acceptors (Lipinski definition) is 5. The molecule has 4 rings (SSSR count). The molecule has 2 heterocycles. The van der Waals surface area contributed by atoms with Gasteiger partial charge in [0, 0.05) is 27.4 Å². The normalized spacial score (nSPS) is 20.9. The Labute approximate surface area is 145 Å². The highest BCUT2D eigenvalue weighted by Crippen LogP contribution is 2.54. The number of benzene rings is 2. The van der Waals surface area contributed by atoms with Gasteiger partial charge >= 0.3 is 0 Å². The molecule has 2 aromatic carbocycles. The summed E-state index contributed by atoms with van der Waals surface area (Å²) < 4.78 is 6.24. The Morgan fingerprint density at radius 1 is 1.25 bits per heavy atom. The summed E-state index contributed by atoms with van der Waals surface area (Å²) in [5, 5.41) is 22.2. The summed E-state index contributed by atoms with van der Waals surface area (Å²) in [5.74, 6) is -0.316. The molecular formula is C17H10BrN3O3. The van der Waals surface area contributed by atoms with Gasteiger partial charge in [-0.2, -0.15) is 5.26 Å². The highest BCUT2D eigenvalue weighted by Gasteiger charge is 2.56. The Hall–Kier alpha value is -2.98. The predicted molar refractivity (Wildman–Crippen MR) is 89.1 cm³/mol. The molecule has 0 saturated heterocycles. The van der Waals surface area contributed by atoms with E-state index in [-0.39, 0.29) is 28.9 Å². The summed E-state index contributed by atoms with van der Waals surface area (Å²) in [5.41, 5.74) is 6.22. The van der Waals surface area contributed by atoms with Gasteiger partial charge in [-0.15, -0.1) is 0 Å². The predicted octanol–water partition coefficient (Wildman–Crippen LogP) is 2.48. The van der Waals surface area contributed by atoms with E-state index in [0.29, 0.717) is 16.8 Å². The number of hydrogen-bond donors (Lipinski definition) is 3. The minimum absolute atomic E-state index is 0.0232. The van der Waals surface area contributed by atoms with Crippen molar-refractivity contribution in [2.24, 2.45) is 5.73 Å². The molecule has 118 valence electrons. The minimum atomic E-state index is -1.40. The molecule has 0 aromatic heterocycles. The maximum Gasteiger partial charge on any atom is 0.245 e. The van der Waals surface area contributed by atoms with E-state index in [4.69, 9.17) is 10.5 Å². The first-order valence-electron chi connectivity index (χ1n) is 7.01. The maximum atomic E-state index is 13.0. The number of rotatable bonds is 0. The molecule has 7 heteroatoms. The fourth-order valence-corrected chi connectivity index (χ4v) is 3.68. The van der Waals surface area contributed by atoms with Gasteiger partial charge in [0.15, 0.2) is 0 Å². The highest BCUT2D eigenvalue weighted by atomic mass is 79.9. The molecule has 2 aliphatic heterocycles. The van der Waals surface area contributed by atoms with Gasteiger partial charge in [0.25, 0.3) is 0 Å². The van der Waals surface area contributed by atoms with Crippen LogP contribution in [0.2, 0.25) is 0 Å². The van der Waals surface area contributed by atoms with Crippen LogP contribution in [0.3, 0.4) is 0 Å². The number of halogens is 1. The highest BCUT2D eigenvalue weighted by molar-refractivity contribution is 9.10. The molecule has 1 atom stereocenters. The fraction of sp³-hybridized carbons (Fsp3) is 0.0588. The Morgan fingerprint density at radius 3 is 2.79 bits per heavy atom. The van der Waals surface area contributed by atoms with E-state index in [0.717, 1.165) is 4.47 Å². The number of anilines is 1. The maximum absolute atomic E-state index is 13.0. The van der Waals surface area contributed by atoms with Gasteiger partial charge in [-0.25, -0.2) is 0 Å². The fourth-order valence-electron chi connectivity index (χ4n) is 3.32. The lowest BCUT2D eigenvalue weighted by molar-refractivity contribution is -0.118. The Morgan fingerprint density at radius 2 is 2.04 bits per heavy atom. The van der Waals surface area contributed by atoms with Crippen molar-refractivity contribution in [2.75, 3.05) is 5.32 Å². The molecule has 6 nitrogen and oxygen atoms in total. The lowest BCUT2D eigenvalue weighted by Crippen LogP contribution is -2.42. The Bertz CT molecular complexity index is 993. The first-order valence-corrected chi connectivity index (χ1v) is 7.81. The molecule has 0 bridgehead atoms. The van der Waals surface area contributed by atoms with Crippen LogP contribution in [0.15, 0.2) is 52.3 Å². The quantitative estimate of drug-likeness (QED) is 0.647. The van der Waals surface area contributed by atoms with E-state index >= 15 is 0 Å². The molecule has 1 spiro atoms. The van der Waals surface area contributed by atoms with Gasteiger partial charge in [-0.05, 0) is 30.3 Å². The molecule has 0 aliphatic carbocycles. The summed E-state index contributed by atoms with van der Waals surface area (Å²) in [7, 11) is 0. The van der Waals surface area contributed by atoms with Gasteiger partial charge < -0.3 is 20.9 Å². The van der Waals surface area contributed by atoms with Crippen LogP contribution >= 0.6 is 15.9 Å². The molecule has 0 unspecified atom stereocenters. The number of phenols is 1. The van der Waals surface area contributed by atoms with Crippen LogP contribution in [0.1, 0.15) is 11.1 Å². The zero-order valence-electron chi connectivity index (χ0n) is 12.1. The number of amides is 1. The second-order valence-corrected chi connectivity index (χ2v) is 6.44. The Balaban J connectivity index is 2.16. The van der Waals surface area contributed by atoms with Crippen LogP contribution in [0, 0.1) is 11.3 Å². The topological polar surface area (TPSA) is 108 Å². The van der Waals surface area contributed by atoms with Crippen molar-refractivity contribution in [1.29, 1.82) is 5.26 Å². The zero-order valence-corrected chi connectivity index (χ0v) is 13.7.